The van der Waals surface area contributed by atoms with E-state index >= 15 is 0 Å². The van der Waals surface area contributed by atoms with Crippen LogP contribution < -0.4 is 5.32 Å². The maximum absolute atomic E-state index is 11.7. The van der Waals surface area contributed by atoms with Gasteiger partial charge >= 0.3 is 6.09 Å². The molecule has 2 rings (SSSR count). The average molecular weight is 311 g/mol. The summed E-state index contributed by atoms with van der Waals surface area (Å²) in [5.74, 6) is 0. The Morgan fingerprint density at radius 1 is 1.52 bits per heavy atom. The normalized spacial score (nSPS) is 17.8. The Balaban J connectivity index is 1.83. The number of aryl methyl sites for hydroxylation is 1. The summed E-state index contributed by atoms with van der Waals surface area (Å²) in [5, 5.41) is 6.97. The fourth-order valence-corrected chi connectivity index (χ4v) is 3.56. The van der Waals surface area contributed by atoms with E-state index in [1.807, 2.05) is 13.8 Å². The predicted octanol–water partition coefficient (Wildman–Crippen LogP) is 3.11. The molecule has 21 heavy (non-hydrogen) atoms. The van der Waals surface area contributed by atoms with Crippen molar-refractivity contribution in [3.05, 3.63) is 16.1 Å². The van der Waals surface area contributed by atoms with Crippen LogP contribution in [0.15, 0.2) is 5.38 Å². The lowest BCUT2D eigenvalue weighted by Crippen LogP contribution is -2.45. The molecule has 0 aliphatic carbocycles. The molecule has 0 aromatic carbocycles. The Labute approximate surface area is 130 Å². The number of rotatable bonds is 5. The van der Waals surface area contributed by atoms with Crippen LogP contribution in [0, 0.1) is 6.92 Å². The lowest BCUT2D eigenvalue weighted by Gasteiger charge is -2.33. The molecule has 1 aromatic rings. The number of carbonyl (C=O) groups excluding carboxylic acids is 1. The van der Waals surface area contributed by atoms with E-state index in [4.69, 9.17) is 4.74 Å². The van der Waals surface area contributed by atoms with Crippen molar-refractivity contribution in [1.82, 2.24) is 15.2 Å². The highest BCUT2D eigenvalue weighted by Crippen LogP contribution is 2.23. The fourth-order valence-electron chi connectivity index (χ4n) is 2.62. The second-order valence-corrected chi connectivity index (χ2v) is 6.30. The van der Waals surface area contributed by atoms with Crippen LogP contribution in [0.2, 0.25) is 0 Å². The molecule has 0 radical (unpaired) electrons. The molecule has 1 aliphatic rings. The van der Waals surface area contributed by atoms with E-state index in [-0.39, 0.29) is 6.09 Å². The van der Waals surface area contributed by atoms with Crippen molar-refractivity contribution in [2.45, 2.75) is 52.1 Å². The molecule has 0 saturated carbocycles. The van der Waals surface area contributed by atoms with Crippen LogP contribution in [0.5, 0.6) is 0 Å². The number of likely N-dealkylation sites (tertiary alicyclic amines) is 1. The zero-order valence-corrected chi connectivity index (χ0v) is 13.9. The maximum Gasteiger partial charge on any atom is 0.409 e. The van der Waals surface area contributed by atoms with E-state index in [0.717, 1.165) is 38.0 Å². The van der Waals surface area contributed by atoms with Gasteiger partial charge in [0.1, 0.15) is 5.01 Å². The first-order chi connectivity index (χ1) is 10.1. The van der Waals surface area contributed by atoms with Crippen molar-refractivity contribution < 1.29 is 9.53 Å². The van der Waals surface area contributed by atoms with E-state index in [1.54, 1.807) is 16.2 Å². The smallest absolute Gasteiger partial charge is 0.409 e. The zero-order chi connectivity index (χ0) is 15.2. The number of hydrogen-bond donors (Lipinski definition) is 1. The SMILES string of the molecule is CCOC(=O)N1CCC(N[C@H](CC)c2nc(C)cs2)CC1. The molecular weight excluding hydrogens is 286 g/mol. The molecule has 1 aromatic heterocycles. The summed E-state index contributed by atoms with van der Waals surface area (Å²) >= 11 is 1.72. The minimum Gasteiger partial charge on any atom is -0.450 e. The monoisotopic (exact) mass is 311 g/mol. The molecule has 6 heteroatoms. The van der Waals surface area contributed by atoms with E-state index in [9.17, 15) is 4.79 Å². The van der Waals surface area contributed by atoms with Crippen molar-refractivity contribution in [2.75, 3.05) is 19.7 Å². The van der Waals surface area contributed by atoms with Gasteiger partial charge in [-0.25, -0.2) is 9.78 Å². The highest BCUT2D eigenvalue weighted by atomic mass is 32.1. The molecule has 5 nitrogen and oxygen atoms in total. The molecule has 0 unspecified atom stereocenters. The summed E-state index contributed by atoms with van der Waals surface area (Å²) in [6.45, 7) is 8.03. The number of amides is 1. The van der Waals surface area contributed by atoms with Gasteiger partial charge in [0.25, 0.3) is 0 Å². The molecule has 1 fully saturated rings. The predicted molar refractivity (Wildman–Crippen MR) is 84.6 cm³/mol. The van der Waals surface area contributed by atoms with Gasteiger partial charge in [-0.1, -0.05) is 6.92 Å². The highest BCUT2D eigenvalue weighted by Gasteiger charge is 2.25. The Morgan fingerprint density at radius 3 is 2.76 bits per heavy atom. The van der Waals surface area contributed by atoms with Gasteiger partial charge in [0.05, 0.1) is 12.6 Å². The van der Waals surface area contributed by atoms with E-state index in [0.29, 0.717) is 18.7 Å². The second kappa shape index (κ2) is 7.75. The van der Waals surface area contributed by atoms with Gasteiger partial charge in [0.2, 0.25) is 0 Å². The van der Waals surface area contributed by atoms with Gasteiger partial charge in [-0.2, -0.15) is 0 Å². The van der Waals surface area contributed by atoms with Gasteiger partial charge in [-0.15, -0.1) is 11.3 Å². The van der Waals surface area contributed by atoms with Gasteiger partial charge in [-0.05, 0) is 33.1 Å². The molecule has 1 saturated heterocycles. The third kappa shape index (κ3) is 4.41. The first-order valence-electron chi connectivity index (χ1n) is 7.73. The first kappa shape index (κ1) is 16.2. The van der Waals surface area contributed by atoms with Crippen molar-refractivity contribution >= 4 is 17.4 Å². The van der Waals surface area contributed by atoms with Crippen LogP contribution in [0.25, 0.3) is 0 Å². The van der Waals surface area contributed by atoms with E-state index in [1.165, 1.54) is 5.01 Å². The molecule has 1 amide bonds. The van der Waals surface area contributed by atoms with Crippen molar-refractivity contribution in [1.29, 1.82) is 0 Å². The van der Waals surface area contributed by atoms with Gasteiger partial charge in [0, 0.05) is 30.2 Å². The van der Waals surface area contributed by atoms with Crippen molar-refractivity contribution in [3.63, 3.8) is 0 Å². The van der Waals surface area contributed by atoms with E-state index < -0.39 is 0 Å². The number of thiazole rings is 1. The van der Waals surface area contributed by atoms with Gasteiger partial charge in [-0.3, -0.25) is 0 Å². The average Bonchev–Trinajstić information content (AvgIpc) is 2.92. The lowest BCUT2D eigenvalue weighted by molar-refractivity contribution is 0.0941. The lowest BCUT2D eigenvalue weighted by atomic mass is 10.0. The van der Waals surface area contributed by atoms with Gasteiger partial charge in [0.15, 0.2) is 0 Å². The molecule has 0 bridgehead atoms. The maximum atomic E-state index is 11.7. The number of aromatic nitrogens is 1. The second-order valence-electron chi connectivity index (χ2n) is 5.41. The largest absolute Gasteiger partial charge is 0.450 e. The minimum atomic E-state index is -0.182. The Kier molecular flexibility index (Phi) is 5.99. The van der Waals surface area contributed by atoms with Crippen LogP contribution in [0.1, 0.15) is 49.9 Å². The Hall–Kier alpha value is -1.14. The number of nitrogens with one attached hydrogen (secondary N) is 1. The van der Waals surface area contributed by atoms with Crippen LogP contribution in [-0.4, -0.2) is 41.7 Å². The topological polar surface area (TPSA) is 54.5 Å². The number of ether oxygens (including phenoxy) is 1. The summed E-state index contributed by atoms with van der Waals surface area (Å²) in [7, 11) is 0. The first-order valence-corrected chi connectivity index (χ1v) is 8.61. The summed E-state index contributed by atoms with van der Waals surface area (Å²) in [6.07, 6.45) is 2.79. The number of nitrogens with zero attached hydrogens (tertiary/aromatic N) is 2. The van der Waals surface area contributed by atoms with Crippen LogP contribution >= 0.6 is 11.3 Å². The Bertz CT molecular complexity index is 456. The quantitative estimate of drug-likeness (QED) is 0.908. The fraction of sp³-hybridized carbons (Fsp3) is 0.733. The summed E-state index contributed by atoms with van der Waals surface area (Å²) in [5.41, 5.74) is 1.09. The minimum absolute atomic E-state index is 0.182. The van der Waals surface area contributed by atoms with Crippen molar-refractivity contribution in [3.8, 4) is 0 Å². The molecule has 118 valence electrons. The molecule has 0 spiro atoms. The zero-order valence-electron chi connectivity index (χ0n) is 13.1. The molecule has 2 heterocycles. The summed E-state index contributed by atoms with van der Waals surface area (Å²) in [4.78, 5) is 18.1. The van der Waals surface area contributed by atoms with Gasteiger partial charge < -0.3 is 15.0 Å². The standard InChI is InChI=1S/C15H25N3O2S/c1-4-13(14-16-11(3)10-21-14)17-12-6-8-18(9-7-12)15(19)20-5-2/h10,12-13,17H,4-9H2,1-3H3/t13-/m1/s1. The summed E-state index contributed by atoms with van der Waals surface area (Å²) in [6, 6.07) is 0.771. The third-order valence-corrected chi connectivity index (χ3v) is 4.88. The third-order valence-electron chi connectivity index (χ3n) is 3.80. The number of carbonyl (C=O) groups is 1. The molecular formula is C15H25N3O2S. The van der Waals surface area contributed by atoms with Crippen LogP contribution in [0.4, 0.5) is 4.79 Å². The van der Waals surface area contributed by atoms with Crippen molar-refractivity contribution in [2.24, 2.45) is 0 Å². The Morgan fingerprint density at radius 2 is 2.24 bits per heavy atom. The number of piperidine rings is 1. The van der Waals surface area contributed by atoms with E-state index in [2.05, 4.69) is 22.6 Å². The van der Waals surface area contributed by atoms with Crippen LogP contribution in [-0.2, 0) is 4.74 Å². The van der Waals surface area contributed by atoms with Crippen LogP contribution in [0.3, 0.4) is 0 Å². The molecule has 1 N–H and O–H groups in total. The summed E-state index contributed by atoms with van der Waals surface area (Å²) < 4.78 is 5.05. The number of hydrogen-bond acceptors (Lipinski definition) is 5. The molecule has 1 aliphatic heterocycles. The highest BCUT2D eigenvalue weighted by molar-refractivity contribution is 7.09. The molecule has 1 atom stereocenters.